The van der Waals surface area contributed by atoms with Crippen molar-refractivity contribution in [2.24, 2.45) is 0 Å². The third kappa shape index (κ3) is 4.01. The van der Waals surface area contributed by atoms with Gasteiger partial charge < -0.3 is 16.0 Å². The van der Waals surface area contributed by atoms with E-state index in [-0.39, 0.29) is 17.3 Å². The minimum Gasteiger partial charge on any atom is -0.397 e. The Morgan fingerprint density at radius 1 is 1.39 bits per heavy atom. The van der Waals surface area contributed by atoms with Crippen LogP contribution in [-0.4, -0.2) is 46.1 Å². The van der Waals surface area contributed by atoms with E-state index in [1.54, 1.807) is 19.0 Å². The lowest BCUT2D eigenvalue weighted by atomic mass is 10.2. The number of carbonyl (C=O) groups excluding carboxylic acids is 1. The van der Waals surface area contributed by atoms with Crippen LogP contribution in [0.5, 0.6) is 0 Å². The molecule has 0 aromatic heterocycles. The van der Waals surface area contributed by atoms with Crippen LogP contribution in [0.25, 0.3) is 0 Å². The third-order valence-electron chi connectivity index (χ3n) is 2.19. The van der Waals surface area contributed by atoms with E-state index in [1.165, 1.54) is 18.2 Å². The molecule has 1 aromatic rings. The van der Waals surface area contributed by atoms with Gasteiger partial charge in [-0.15, -0.1) is 0 Å². The van der Waals surface area contributed by atoms with Gasteiger partial charge in [0.1, 0.15) is 0 Å². The molecule has 0 radical (unpaired) electrons. The number of benzene rings is 1. The van der Waals surface area contributed by atoms with Crippen LogP contribution in [0.15, 0.2) is 23.1 Å². The Kier molecular flexibility index (Phi) is 4.31. The lowest BCUT2D eigenvalue weighted by Crippen LogP contribution is -2.27. The molecule has 0 fully saturated rings. The zero-order valence-electron chi connectivity index (χ0n) is 10.6. The highest BCUT2D eigenvalue weighted by Gasteiger charge is 2.12. The summed E-state index contributed by atoms with van der Waals surface area (Å²) < 4.78 is 22.8. The molecule has 0 saturated carbocycles. The molecule has 1 amide bonds. The normalized spacial score (nSPS) is 11.6. The van der Waals surface area contributed by atoms with Crippen molar-refractivity contribution in [1.29, 1.82) is 0 Å². The van der Waals surface area contributed by atoms with E-state index < -0.39 is 9.84 Å². The molecule has 0 aliphatic carbocycles. The van der Waals surface area contributed by atoms with Crippen molar-refractivity contribution in [3.05, 3.63) is 18.2 Å². The maximum Gasteiger partial charge on any atom is 0.238 e. The number of hydrogen-bond acceptors (Lipinski definition) is 5. The molecule has 0 saturated heterocycles. The van der Waals surface area contributed by atoms with E-state index in [4.69, 9.17) is 5.73 Å². The van der Waals surface area contributed by atoms with Crippen LogP contribution < -0.4 is 11.1 Å². The third-order valence-corrected chi connectivity index (χ3v) is 3.30. The second-order valence-electron chi connectivity index (χ2n) is 4.31. The van der Waals surface area contributed by atoms with Crippen LogP contribution in [0.1, 0.15) is 0 Å². The van der Waals surface area contributed by atoms with E-state index in [0.29, 0.717) is 11.4 Å². The van der Waals surface area contributed by atoms with Crippen molar-refractivity contribution in [1.82, 2.24) is 4.90 Å². The van der Waals surface area contributed by atoms with Gasteiger partial charge in [-0.2, -0.15) is 0 Å². The molecule has 3 N–H and O–H groups in total. The molecule has 1 rings (SSSR count). The number of amides is 1. The van der Waals surface area contributed by atoms with Crippen molar-refractivity contribution in [2.75, 3.05) is 37.9 Å². The van der Waals surface area contributed by atoms with Gasteiger partial charge in [0.15, 0.2) is 9.84 Å². The molecule has 0 bridgehead atoms. The monoisotopic (exact) mass is 271 g/mol. The summed E-state index contributed by atoms with van der Waals surface area (Å²) in [5, 5.41) is 2.58. The fraction of sp³-hybridized carbons (Fsp3) is 0.364. The van der Waals surface area contributed by atoms with Gasteiger partial charge in [-0.3, -0.25) is 4.79 Å². The molecule has 6 nitrogen and oxygen atoms in total. The second kappa shape index (κ2) is 5.36. The minimum atomic E-state index is -3.32. The molecular formula is C11H17N3O3S. The predicted octanol–water partition coefficient (Wildman–Crippen LogP) is 0.172. The Labute approximate surface area is 107 Å². The summed E-state index contributed by atoms with van der Waals surface area (Å²) in [6, 6.07) is 4.23. The van der Waals surface area contributed by atoms with E-state index in [1.807, 2.05) is 0 Å². The number of nitrogens with one attached hydrogen (secondary N) is 1. The summed E-state index contributed by atoms with van der Waals surface area (Å²) in [7, 11) is 0.201. The smallest absolute Gasteiger partial charge is 0.238 e. The van der Waals surface area contributed by atoms with E-state index in [9.17, 15) is 13.2 Å². The van der Waals surface area contributed by atoms with Crippen molar-refractivity contribution in [3.8, 4) is 0 Å². The number of likely N-dealkylation sites (N-methyl/N-ethyl adjacent to an activating group) is 1. The van der Waals surface area contributed by atoms with Crippen LogP contribution in [0.4, 0.5) is 11.4 Å². The number of rotatable bonds is 4. The topological polar surface area (TPSA) is 92.5 Å². The summed E-state index contributed by atoms with van der Waals surface area (Å²) >= 11 is 0. The standard InChI is InChI=1S/C11H17N3O3S/c1-14(2)7-11(15)13-10-6-8(18(3,16)17)4-5-9(10)12/h4-6H,7,12H2,1-3H3,(H,13,15). The molecule has 0 unspecified atom stereocenters. The van der Waals surface area contributed by atoms with E-state index in [0.717, 1.165) is 6.26 Å². The Hall–Kier alpha value is -1.60. The fourth-order valence-electron chi connectivity index (χ4n) is 1.35. The Morgan fingerprint density at radius 2 is 2.00 bits per heavy atom. The van der Waals surface area contributed by atoms with E-state index in [2.05, 4.69) is 5.32 Å². The summed E-state index contributed by atoms with van der Waals surface area (Å²) in [5.41, 5.74) is 6.33. The number of nitrogens with zero attached hydrogens (tertiary/aromatic N) is 1. The molecule has 0 spiro atoms. The van der Waals surface area contributed by atoms with Gasteiger partial charge in [0.2, 0.25) is 5.91 Å². The van der Waals surface area contributed by atoms with Crippen LogP contribution >= 0.6 is 0 Å². The van der Waals surface area contributed by atoms with Gasteiger partial charge in [0, 0.05) is 6.26 Å². The minimum absolute atomic E-state index is 0.122. The highest BCUT2D eigenvalue weighted by molar-refractivity contribution is 7.90. The zero-order chi connectivity index (χ0) is 13.9. The van der Waals surface area contributed by atoms with Gasteiger partial charge in [-0.05, 0) is 32.3 Å². The number of carbonyl (C=O) groups is 1. The SMILES string of the molecule is CN(C)CC(=O)Nc1cc(S(C)(=O)=O)ccc1N. The van der Waals surface area contributed by atoms with E-state index >= 15 is 0 Å². The number of nitrogens with two attached hydrogens (primary N) is 1. The first-order valence-electron chi connectivity index (χ1n) is 5.24. The number of sulfone groups is 1. The average Bonchev–Trinajstić information content (AvgIpc) is 2.18. The summed E-state index contributed by atoms with van der Waals surface area (Å²) in [6.07, 6.45) is 1.10. The Bertz CT molecular complexity index is 553. The lowest BCUT2D eigenvalue weighted by Gasteiger charge is -2.12. The number of hydrogen-bond donors (Lipinski definition) is 2. The average molecular weight is 271 g/mol. The maximum atomic E-state index is 11.6. The Balaban J connectivity index is 2.99. The van der Waals surface area contributed by atoms with Gasteiger partial charge >= 0.3 is 0 Å². The first-order chi connectivity index (χ1) is 8.20. The summed E-state index contributed by atoms with van der Waals surface area (Å²) in [6.45, 7) is 0.197. The largest absolute Gasteiger partial charge is 0.397 e. The number of nitrogen functional groups attached to an aromatic ring is 1. The van der Waals surface area contributed by atoms with Crippen molar-refractivity contribution in [2.45, 2.75) is 4.90 Å². The van der Waals surface area contributed by atoms with Gasteiger partial charge in [-0.1, -0.05) is 0 Å². The highest BCUT2D eigenvalue weighted by atomic mass is 32.2. The maximum absolute atomic E-state index is 11.6. The number of anilines is 2. The summed E-state index contributed by atoms with van der Waals surface area (Å²) in [5.74, 6) is -0.252. The molecule has 0 aliphatic rings. The van der Waals surface area contributed by atoms with Crippen LogP contribution in [-0.2, 0) is 14.6 Å². The first-order valence-corrected chi connectivity index (χ1v) is 7.13. The first kappa shape index (κ1) is 14.5. The summed E-state index contributed by atoms with van der Waals surface area (Å²) in [4.78, 5) is 13.4. The molecule has 7 heteroatoms. The van der Waals surface area contributed by atoms with Crippen LogP contribution in [0.2, 0.25) is 0 Å². The zero-order valence-corrected chi connectivity index (χ0v) is 11.4. The molecular weight excluding hydrogens is 254 g/mol. The van der Waals surface area contributed by atoms with Crippen LogP contribution in [0, 0.1) is 0 Å². The molecule has 1 aromatic carbocycles. The van der Waals surface area contributed by atoms with Crippen LogP contribution in [0.3, 0.4) is 0 Å². The highest BCUT2D eigenvalue weighted by Crippen LogP contribution is 2.22. The van der Waals surface area contributed by atoms with Crippen molar-refractivity contribution in [3.63, 3.8) is 0 Å². The fourth-order valence-corrected chi connectivity index (χ4v) is 2.00. The molecule has 100 valence electrons. The van der Waals surface area contributed by atoms with Gasteiger partial charge in [-0.25, -0.2) is 8.42 Å². The molecule has 18 heavy (non-hydrogen) atoms. The Morgan fingerprint density at radius 3 is 2.50 bits per heavy atom. The molecule has 0 atom stereocenters. The van der Waals surface area contributed by atoms with Gasteiger partial charge in [0.05, 0.1) is 22.8 Å². The van der Waals surface area contributed by atoms with Crippen molar-refractivity contribution >= 4 is 27.1 Å². The molecule has 0 heterocycles. The molecule has 0 aliphatic heterocycles. The van der Waals surface area contributed by atoms with Gasteiger partial charge in [0.25, 0.3) is 0 Å². The predicted molar refractivity (Wildman–Crippen MR) is 71.1 cm³/mol. The quantitative estimate of drug-likeness (QED) is 0.762. The van der Waals surface area contributed by atoms with Crippen molar-refractivity contribution < 1.29 is 13.2 Å². The second-order valence-corrected chi connectivity index (χ2v) is 6.32. The lowest BCUT2D eigenvalue weighted by molar-refractivity contribution is -0.116.